The molecular formula is C20H24F3N3O. The van der Waals surface area contributed by atoms with Gasteiger partial charge in [-0.1, -0.05) is 18.2 Å². The molecule has 1 N–H and O–H groups in total. The van der Waals surface area contributed by atoms with Crippen molar-refractivity contribution in [3.63, 3.8) is 0 Å². The average Bonchev–Trinajstić information content (AvgIpc) is 2.62. The molecule has 1 unspecified atom stereocenters. The van der Waals surface area contributed by atoms with Crippen molar-refractivity contribution in [1.82, 2.24) is 9.88 Å². The number of aromatic nitrogens is 1. The second-order valence-electron chi connectivity index (χ2n) is 7.08. The van der Waals surface area contributed by atoms with Crippen molar-refractivity contribution in [3.8, 4) is 0 Å². The van der Waals surface area contributed by atoms with Gasteiger partial charge in [0.05, 0.1) is 18.2 Å². The highest BCUT2D eigenvalue weighted by molar-refractivity contribution is 5.48. The molecule has 2 heterocycles. The van der Waals surface area contributed by atoms with Gasteiger partial charge in [-0.05, 0) is 37.1 Å². The molecule has 1 aromatic carbocycles. The second kappa shape index (κ2) is 7.86. The topological polar surface area (TPSA) is 39.6 Å². The molecule has 0 radical (unpaired) electrons. The van der Waals surface area contributed by atoms with Crippen LogP contribution in [0.4, 0.5) is 19.0 Å². The normalized spacial score (nSPS) is 18.7. The minimum Gasteiger partial charge on any atom is -0.394 e. The number of halogens is 3. The van der Waals surface area contributed by atoms with E-state index in [0.717, 1.165) is 47.7 Å². The van der Waals surface area contributed by atoms with Gasteiger partial charge in [-0.2, -0.15) is 13.2 Å². The molecule has 0 saturated heterocycles. The third kappa shape index (κ3) is 4.59. The average molecular weight is 379 g/mol. The fourth-order valence-electron chi connectivity index (χ4n) is 3.42. The fourth-order valence-corrected chi connectivity index (χ4v) is 3.42. The minimum absolute atomic E-state index is 0.0275. The number of aliphatic hydroxyl groups excluding tert-OH is 1. The maximum absolute atomic E-state index is 12.7. The number of benzene rings is 1. The lowest BCUT2D eigenvalue weighted by atomic mass is 10.1. The highest BCUT2D eigenvalue weighted by Gasteiger charge is 2.30. The third-order valence-corrected chi connectivity index (χ3v) is 5.05. The summed E-state index contributed by atoms with van der Waals surface area (Å²) in [5.74, 6) is 0.853. The van der Waals surface area contributed by atoms with Gasteiger partial charge >= 0.3 is 6.18 Å². The summed E-state index contributed by atoms with van der Waals surface area (Å²) in [6.45, 7) is 3.91. The van der Waals surface area contributed by atoms with E-state index in [9.17, 15) is 18.3 Å². The molecule has 3 rings (SSSR count). The molecule has 1 aliphatic heterocycles. The van der Waals surface area contributed by atoms with Crippen LogP contribution in [0, 0.1) is 6.92 Å². The van der Waals surface area contributed by atoms with Gasteiger partial charge in [-0.3, -0.25) is 4.90 Å². The summed E-state index contributed by atoms with van der Waals surface area (Å²) in [4.78, 5) is 8.85. The molecule has 0 saturated carbocycles. The van der Waals surface area contributed by atoms with Gasteiger partial charge in [-0.25, -0.2) is 4.98 Å². The van der Waals surface area contributed by atoms with Gasteiger partial charge in [0.2, 0.25) is 0 Å². The van der Waals surface area contributed by atoms with E-state index in [1.807, 2.05) is 31.0 Å². The van der Waals surface area contributed by atoms with E-state index in [0.29, 0.717) is 13.1 Å². The van der Waals surface area contributed by atoms with Crippen LogP contribution in [0.1, 0.15) is 28.8 Å². The lowest BCUT2D eigenvalue weighted by Gasteiger charge is -2.35. The first-order valence-electron chi connectivity index (χ1n) is 8.96. The molecule has 4 nitrogen and oxygen atoms in total. The zero-order chi connectivity index (χ0) is 19.6. The first kappa shape index (κ1) is 19.6. The van der Waals surface area contributed by atoms with Crippen molar-refractivity contribution in [3.05, 3.63) is 58.8 Å². The summed E-state index contributed by atoms with van der Waals surface area (Å²) in [5, 5.41) is 9.76. The number of hydrogen-bond acceptors (Lipinski definition) is 4. The highest BCUT2D eigenvalue weighted by Crippen LogP contribution is 2.30. The van der Waals surface area contributed by atoms with Crippen LogP contribution in [0.2, 0.25) is 0 Å². The number of anilines is 1. The Morgan fingerprint density at radius 2 is 1.85 bits per heavy atom. The first-order valence-corrected chi connectivity index (χ1v) is 8.96. The molecule has 0 amide bonds. The molecule has 0 fully saturated rings. The van der Waals surface area contributed by atoms with Crippen LogP contribution in [-0.4, -0.2) is 41.2 Å². The lowest BCUT2D eigenvalue weighted by Crippen LogP contribution is -2.41. The van der Waals surface area contributed by atoms with E-state index in [-0.39, 0.29) is 12.6 Å². The molecule has 0 spiro atoms. The molecule has 7 heteroatoms. The smallest absolute Gasteiger partial charge is 0.394 e. The van der Waals surface area contributed by atoms with Gasteiger partial charge in [-0.15, -0.1) is 0 Å². The number of rotatable bonds is 3. The summed E-state index contributed by atoms with van der Waals surface area (Å²) in [6, 6.07) is 9.27. The maximum Gasteiger partial charge on any atom is 0.416 e. The predicted molar refractivity (Wildman–Crippen MR) is 98.4 cm³/mol. The Bertz CT molecular complexity index is 777. The van der Waals surface area contributed by atoms with Crippen molar-refractivity contribution in [2.45, 2.75) is 38.7 Å². The van der Waals surface area contributed by atoms with Crippen LogP contribution in [0.15, 0.2) is 36.4 Å². The Hall–Kier alpha value is -2.12. The Labute approximate surface area is 157 Å². The van der Waals surface area contributed by atoms with E-state index < -0.39 is 11.7 Å². The van der Waals surface area contributed by atoms with Crippen molar-refractivity contribution in [2.24, 2.45) is 0 Å². The number of aryl methyl sites for hydroxylation is 1. The zero-order valence-electron chi connectivity index (χ0n) is 15.5. The van der Waals surface area contributed by atoms with E-state index >= 15 is 0 Å². The predicted octanol–water partition coefficient (Wildman–Crippen LogP) is 3.61. The second-order valence-corrected chi connectivity index (χ2v) is 7.08. The van der Waals surface area contributed by atoms with Crippen molar-refractivity contribution in [1.29, 1.82) is 0 Å². The van der Waals surface area contributed by atoms with Crippen LogP contribution in [0.25, 0.3) is 0 Å². The number of pyridine rings is 1. The van der Waals surface area contributed by atoms with Gasteiger partial charge in [0, 0.05) is 37.9 Å². The Balaban J connectivity index is 1.82. The van der Waals surface area contributed by atoms with E-state index in [2.05, 4.69) is 9.88 Å². The molecule has 0 bridgehead atoms. The molecule has 27 heavy (non-hydrogen) atoms. The summed E-state index contributed by atoms with van der Waals surface area (Å²) in [6.07, 6.45) is -3.57. The number of fused-ring (bicyclic) bond motifs is 1. The van der Waals surface area contributed by atoms with Gasteiger partial charge in [0.15, 0.2) is 0 Å². The maximum atomic E-state index is 12.7. The van der Waals surface area contributed by atoms with Crippen LogP contribution < -0.4 is 4.90 Å². The zero-order valence-corrected chi connectivity index (χ0v) is 15.5. The van der Waals surface area contributed by atoms with Crippen LogP contribution in [-0.2, 0) is 19.3 Å². The van der Waals surface area contributed by atoms with E-state index in [4.69, 9.17) is 0 Å². The molecule has 1 atom stereocenters. The van der Waals surface area contributed by atoms with Crippen LogP contribution in [0.3, 0.4) is 0 Å². The van der Waals surface area contributed by atoms with Crippen molar-refractivity contribution in [2.75, 3.05) is 25.1 Å². The van der Waals surface area contributed by atoms with Crippen molar-refractivity contribution < 1.29 is 18.3 Å². The summed E-state index contributed by atoms with van der Waals surface area (Å²) in [5.41, 5.74) is 2.16. The summed E-state index contributed by atoms with van der Waals surface area (Å²) >= 11 is 0. The molecule has 0 aliphatic carbocycles. The van der Waals surface area contributed by atoms with Crippen molar-refractivity contribution >= 4 is 5.82 Å². The van der Waals surface area contributed by atoms with Gasteiger partial charge < -0.3 is 10.0 Å². The molecule has 1 aliphatic rings. The van der Waals surface area contributed by atoms with Crippen LogP contribution >= 0.6 is 0 Å². The quantitative estimate of drug-likeness (QED) is 0.884. The Morgan fingerprint density at radius 1 is 1.15 bits per heavy atom. The highest BCUT2D eigenvalue weighted by atomic mass is 19.4. The van der Waals surface area contributed by atoms with Crippen LogP contribution in [0.5, 0.6) is 0 Å². The summed E-state index contributed by atoms with van der Waals surface area (Å²) < 4.78 is 38.2. The standard InChI is InChI=1S/C20H24F3N3O/c1-14-3-6-16-12-26(10-9-18(13-27)25(2)19(16)24-14)11-15-4-7-17(8-5-15)20(21,22)23/h3-8,18,27H,9-13H2,1-2H3. The monoisotopic (exact) mass is 379 g/mol. The largest absolute Gasteiger partial charge is 0.416 e. The first-order chi connectivity index (χ1) is 12.8. The van der Waals surface area contributed by atoms with E-state index in [1.165, 1.54) is 12.1 Å². The fraction of sp³-hybridized carbons (Fsp3) is 0.450. The number of aliphatic hydroxyl groups is 1. The summed E-state index contributed by atoms with van der Waals surface area (Å²) in [7, 11) is 1.94. The number of alkyl halides is 3. The Kier molecular flexibility index (Phi) is 5.72. The van der Waals surface area contributed by atoms with E-state index in [1.54, 1.807) is 0 Å². The lowest BCUT2D eigenvalue weighted by molar-refractivity contribution is -0.137. The minimum atomic E-state index is -4.32. The molecular weight excluding hydrogens is 355 g/mol. The molecule has 2 aromatic rings. The molecule has 146 valence electrons. The SMILES string of the molecule is Cc1ccc2c(n1)N(C)C(CO)CCN(Cc1ccc(C(F)(F)F)cc1)C2. The molecule has 1 aromatic heterocycles. The number of likely N-dealkylation sites (N-methyl/N-ethyl adjacent to an activating group) is 1. The number of nitrogens with zero attached hydrogens (tertiary/aromatic N) is 3. The third-order valence-electron chi connectivity index (χ3n) is 5.05. The Morgan fingerprint density at radius 3 is 2.48 bits per heavy atom. The van der Waals surface area contributed by atoms with Gasteiger partial charge in [0.1, 0.15) is 5.82 Å². The number of hydrogen-bond donors (Lipinski definition) is 1. The van der Waals surface area contributed by atoms with Gasteiger partial charge in [0.25, 0.3) is 0 Å².